The molecule has 0 fully saturated rings. The number of hydrogen-bond donors (Lipinski definition) is 1. The zero-order valence-corrected chi connectivity index (χ0v) is 15.7. The SMILES string of the molecule is Cc1ccsc1C(=O)Nc1ccc(N2C(=O)c3ccccc3C2=O)c(Cl)c1. The van der Waals surface area contributed by atoms with Crippen molar-refractivity contribution in [1.82, 2.24) is 0 Å². The lowest BCUT2D eigenvalue weighted by Gasteiger charge is -2.16. The van der Waals surface area contributed by atoms with Gasteiger partial charge in [0.15, 0.2) is 0 Å². The highest BCUT2D eigenvalue weighted by atomic mass is 35.5. The number of aryl methyl sites for hydroxylation is 1. The van der Waals surface area contributed by atoms with Crippen LogP contribution in [0.1, 0.15) is 36.0 Å². The van der Waals surface area contributed by atoms with Gasteiger partial charge < -0.3 is 5.32 Å². The first-order chi connectivity index (χ1) is 13.0. The number of fused-ring (bicyclic) bond motifs is 1. The van der Waals surface area contributed by atoms with Crippen LogP contribution in [0.25, 0.3) is 0 Å². The summed E-state index contributed by atoms with van der Waals surface area (Å²) in [7, 11) is 0. The molecule has 1 N–H and O–H groups in total. The summed E-state index contributed by atoms with van der Waals surface area (Å²) in [6.45, 7) is 1.86. The van der Waals surface area contributed by atoms with Crippen LogP contribution in [-0.4, -0.2) is 17.7 Å². The third-order valence-electron chi connectivity index (χ3n) is 4.31. The minimum Gasteiger partial charge on any atom is -0.321 e. The fourth-order valence-corrected chi connectivity index (χ4v) is 4.05. The molecule has 1 aliphatic rings. The number of nitrogens with zero attached hydrogens (tertiary/aromatic N) is 1. The van der Waals surface area contributed by atoms with Crippen LogP contribution < -0.4 is 10.2 Å². The van der Waals surface area contributed by atoms with Crippen LogP contribution in [0.15, 0.2) is 53.9 Å². The second kappa shape index (κ2) is 6.64. The predicted octanol–water partition coefficient (Wildman–Crippen LogP) is 4.76. The van der Waals surface area contributed by atoms with E-state index in [-0.39, 0.29) is 16.6 Å². The Morgan fingerprint density at radius 1 is 1.04 bits per heavy atom. The standard InChI is InChI=1S/C20H13ClN2O3S/c1-11-8-9-27-17(11)18(24)22-12-6-7-16(15(21)10-12)23-19(25)13-4-2-3-5-14(13)20(23)26/h2-10H,1H3,(H,22,24). The second-order valence-electron chi connectivity index (χ2n) is 6.04. The molecule has 0 unspecified atom stereocenters. The van der Waals surface area contributed by atoms with E-state index in [1.165, 1.54) is 17.4 Å². The van der Waals surface area contributed by atoms with Crippen molar-refractivity contribution in [2.24, 2.45) is 0 Å². The van der Waals surface area contributed by atoms with E-state index in [0.29, 0.717) is 21.7 Å². The Labute approximate surface area is 164 Å². The van der Waals surface area contributed by atoms with E-state index in [9.17, 15) is 14.4 Å². The van der Waals surface area contributed by atoms with E-state index < -0.39 is 11.8 Å². The van der Waals surface area contributed by atoms with E-state index in [1.54, 1.807) is 36.4 Å². The van der Waals surface area contributed by atoms with Gasteiger partial charge in [0.1, 0.15) is 0 Å². The number of halogens is 1. The van der Waals surface area contributed by atoms with Crippen molar-refractivity contribution in [3.63, 3.8) is 0 Å². The van der Waals surface area contributed by atoms with Crippen LogP contribution in [0.4, 0.5) is 11.4 Å². The van der Waals surface area contributed by atoms with Gasteiger partial charge in [-0.05, 0) is 54.3 Å². The van der Waals surface area contributed by atoms with Crippen molar-refractivity contribution >= 4 is 52.0 Å². The van der Waals surface area contributed by atoms with Crippen molar-refractivity contribution in [2.45, 2.75) is 6.92 Å². The summed E-state index contributed by atoms with van der Waals surface area (Å²) in [5.74, 6) is -1.06. The molecule has 7 heteroatoms. The molecule has 4 rings (SSSR count). The van der Waals surface area contributed by atoms with E-state index in [1.807, 2.05) is 18.4 Å². The van der Waals surface area contributed by atoms with Gasteiger partial charge in [0, 0.05) is 5.69 Å². The Hall–Kier alpha value is -2.96. The summed E-state index contributed by atoms with van der Waals surface area (Å²) < 4.78 is 0. The molecule has 134 valence electrons. The summed E-state index contributed by atoms with van der Waals surface area (Å²) >= 11 is 7.68. The number of rotatable bonds is 3. The molecule has 1 aromatic heterocycles. The molecular weight excluding hydrogens is 384 g/mol. The Kier molecular flexibility index (Phi) is 4.30. The van der Waals surface area contributed by atoms with Crippen molar-refractivity contribution in [3.05, 3.63) is 80.5 Å². The molecule has 0 atom stereocenters. The molecule has 1 aliphatic heterocycles. The van der Waals surface area contributed by atoms with Gasteiger partial charge in [0.05, 0.1) is 26.7 Å². The molecule has 2 aromatic carbocycles. The lowest BCUT2D eigenvalue weighted by molar-refractivity contribution is 0.0924. The fourth-order valence-electron chi connectivity index (χ4n) is 2.97. The predicted molar refractivity (Wildman–Crippen MR) is 106 cm³/mol. The maximum atomic E-state index is 12.6. The van der Waals surface area contributed by atoms with Gasteiger partial charge in [-0.2, -0.15) is 0 Å². The third-order valence-corrected chi connectivity index (χ3v) is 5.63. The zero-order valence-electron chi connectivity index (χ0n) is 14.2. The normalized spacial score (nSPS) is 13.0. The maximum Gasteiger partial charge on any atom is 0.266 e. The van der Waals surface area contributed by atoms with E-state index >= 15 is 0 Å². The van der Waals surface area contributed by atoms with E-state index in [4.69, 9.17) is 11.6 Å². The maximum absolute atomic E-state index is 12.6. The average molecular weight is 397 g/mol. The van der Waals surface area contributed by atoms with Gasteiger partial charge in [0.2, 0.25) is 0 Å². The first-order valence-electron chi connectivity index (χ1n) is 8.10. The number of amides is 3. The van der Waals surface area contributed by atoms with E-state index in [2.05, 4.69) is 5.32 Å². The van der Waals surface area contributed by atoms with Crippen molar-refractivity contribution < 1.29 is 14.4 Å². The molecule has 0 aliphatic carbocycles. The second-order valence-corrected chi connectivity index (χ2v) is 7.37. The lowest BCUT2D eigenvalue weighted by atomic mass is 10.1. The number of nitrogens with one attached hydrogen (secondary N) is 1. The van der Waals surface area contributed by atoms with Crippen LogP contribution in [0.5, 0.6) is 0 Å². The number of carbonyl (C=O) groups is 3. The molecule has 3 amide bonds. The summed E-state index contributed by atoms with van der Waals surface area (Å²) in [5, 5.41) is 4.83. The smallest absolute Gasteiger partial charge is 0.266 e. The lowest BCUT2D eigenvalue weighted by Crippen LogP contribution is -2.29. The van der Waals surface area contributed by atoms with Crippen molar-refractivity contribution in [1.29, 1.82) is 0 Å². The van der Waals surface area contributed by atoms with Gasteiger partial charge >= 0.3 is 0 Å². The number of anilines is 2. The van der Waals surface area contributed by atoms with Crippen LogP contribution >= 0.6 is 22.9 Å². The number of carbonyl (C=O) groups excluding carboxylic acids is 3. The van der Waals surface area contributed by atoms with E-state index in [0.717, 1.165) is 10.5 Å². The van der Waals surface area contributed by atoms with Gasteiger partial charge in [-0.1, -0.05) is 23.7 Å². The summed E-state index contributed by atoms with van der Waals surface area (Å²) in [6.07, 6.45) is 0. The highest BCUT2D eigenvalue weighted by molar-refractivity contribution is 7.12. The first-order valence-corrected chi connectivity index (χ1v) is 9.36. The highest BCUT2D eigenvalue weighted by Gasteiger charge is 2.37. The Balaban J connectivity index is 1.62. The molecule has 3 aromatic rings. The van der Waals surface area contributed by atoms with Crippen LogP contribution in [0, 0.1) is 6.92 Å². The zero-order chi connectivity index (χ0) is 19.1. The third kappa shape index (κ3) is 2.93. The molecule has 0 saturated carbocycles. The molecular formula is C20H13ClN2O3S. The molecule has 2 heterocycles. The monoisotopic (exact) mass is 396 g/mol. The van der Waals surface area contributed by atoms with Crippen molar-refractivity contribution in [2.75, 3.05) is 10.2 Å². The minimum atomic E-state index is -0.413. The summed E-state index contributed by atoms with van der Waals surface area (Å²) in [5.41, 5.74) is 2.37. The fraction of sp³-hybridized carbons (Fsp3) is 0.0500. The number of imide groups is 1. The Bertz CT molecular complexity index is 1070. The first kappa shape index (κ1) is 17.5. The average Bonchev–Trinajstić information content (AvgIpc) is 3.18. The molecule has 0 radical (unpaired) electrons. The van der Waals surface area contributed by atoms with Gasteiger partial charge in [0.25, 0.3) is 17.7 Å². The molecule has 5 nitrogen and oxygen atoms in total. The van der Waals surface area contributed by atoms with Crippen LogP contribution in [0.2, 0.25) is 5.02 Å². The van der Waals surface area contributed by atoms with Gasteiger partial charge in [-0.3, -0.25) is 14.4 Å². The van der Waals surface area contributed by atoms with Crippen LogP contribution in [-0.2, 0) is 0 Å². The number of thiophene rings is 1. The quantitative estimate of drug-likeness (QED) is 0.649. The largest absolute Gasteiger partial charge is 0.321 e. The number of benzene rings is 2. The molecule has 0 saturated heterocycles. The van der Waals surface area contributed by atoms with Crippen molar-refractivity contribution in [3.8, 4) is 0 Å². The van der Waals surface area contributed by atoms with Gasteiger partial charge in [-0.25, -0.2) is 4.90 Å². The Morgan fingerprint density at radius 3 is 2.26 bits per heavy atom. The number of hydrogen-bond acceptors (Lipinski definition) is 4. The molecule has 0 spiro atoms. The van der Waals surface area contributed by atoms with Gasteiger partial charge in [-0.15, -0.1) is 11.3 Å². The molecule has 27 heavy (non-hydrogen) atoms. The van der Waals surface area contributed by atoms with Crippen LogP contribution in [0.3, 0.4) is 0 Å². The summed E-state index contributed by atoms with van der Waals surface area (Å²) in [4.78, 5) is 39.2. The minimum absolute atomic E-state index is 0.199. The summed E-state index contributed by atoms with van der Waals surface area (Å²) in [6, 6.07) is 13.2. The Morgan fingerprint density at radius 2 is 1.70 bits per heavy atom. The topological polar surface area (TPSA) is 66.5 Å². The highest BCUT2D eigenvalue weighted by Crippen LogP contribution is 2.35. The molecule has 0 bridgehead atoms.